The minimum absolute atomic E-state index is 0.134. The quantitative estimate of drug-likeness (QED) is 0.262. The first kappa shape index (κ1) is 22.0. The number of anilines is 3. The normalized spacial score (nSPS) is 14.1. The molecule has 1 aliphatic rings. The molecular formula is C25H22F2N8O. The summed E-state index contributed by atoms with van der Waals surface area (Å²) in [5.41, 5.74) is 9.90. The van der Waals surface area contributed by atoms with Crippen LogP contribution in [0.5, 0.6) is 0 Å². The van der Waals surface area contributed by atoms with Gasteiger partial charge in [0.25, 0.3) is 0 Å². The summed E-state index contributed by atoms with van der Waals surface area (Å²) in [6.07, 6.45) is 8.07. The molecule has 5 aromatic rings. The molecule has 0 saturated heterocycles. The highest BCUT2D eigenvalue weighted by atomic mass is 19.2. The largest absolute Gasteiger partial charge is 0.383 e. The van der Waals surface area contributed by atoms with Crippen LogP contribution in [0.25, 0.3) is 33.5 Å². The van der Waals surface area contributed by atoms with Crippen LogP contribution in [0.1, 0.15) is 31.7 Å². The third-order valence-corrected chi connectivity index (χ3v) is 6.53. The van der Waals surface area contributed by atoms with Crippen LogP contribution in [-0.4, -0.2) is 30.5 Å². The van der Waals surface area contributed by atoms with Gasteiger partial charge in [-0.3, -0.25) is 0 Å². The molecule has 3 aromatic heterocycles. The monoisotopic (exact) mass is 488 g/mol. The first-order chi connectivity index (χ1) is 17.5. The molecule has 1 aliphatic carbocycles. The van der Waals surface area contributed by atoms with Crippen LogP contribution >= 0.6 is 0 Å². The summed E-state index contributed by atoms with van der Waals surface area (Å²) in [5.74, 6) is -1.01. The Balaban J connectivity index is 1.30. The van der Waals surface area contributed by atoms with E-state index >= 15 is 0 Å². The van der Waals surface area contributed by atoms with Crippen molar-refractivity contribution < 1.29 is 13.6 Å². The number of benzene rings is 2. The third-order valence-electron chi connectivity index (χ3n) is 6.53. The van der Waals surface area contributed by atoms with Crippen molar-refractivity contribution in [3.05, 3.63) is 60.6 Å². The van der Waals surface area contributed by atoms with Crippen molar-refractivity contribution in [2.45, 2.75) is 31.7 Å². The van der Waals surface area contributed by atoms with E-state index in [9.17, 15) is 13.6 Å². The number of carbonyl (C=O) groups excluding carboxylic acids is 1. The Morgan fingerprint density at radius 2 is 1.78 bits per heavy atom. The minimum atomic E-state index is -1.04. The maximum atomic E-state index is 13.4. The van der Waals surface area contributed by atoms with E-state index in [0.717, 1.165) is 41.6 Å². The van der Waals surface area contributed by atoms with Crippen molar-refractivity contribution in [3.63, 3.8) is 0 Å². The van der Waals surface area contributed by atoms with Crippen molar-refractivity contribution in [2.75, 3.05) is 16.4 Å². The Hall–Kier alpha value is -4.54. The maximum absolute atomic E-state index is 13.4. The number of amides is 2. The highest BCUT2D eigenvalue weighted by molar-refractivity contribution is 6.02. The van der Waals surface area contributed by atoms with Crippen LogP contribution in [0.15, 0.2) is 48.9 Å². The summed E-state index contributed by atoms with van der Waals surface area (Å²) in [6, 6.07) is 8.14. The molecule has 2 amide bonds. The molecule has 0 aliphatic heterocycles. The fourth-order valence-electron chi connectivity index (χ4n) is 4.83. The van der Waals surface area contributed by atoms with Crippen LogP contribution in [0, 0.1) is 11.6 Å². The maximum Gasteiger partial charge on any atom is 0.323 e. The van der Waals surface area contributed by atoms with Gasteiger partial charge < -0.3 is 25.9 Å². The number of nitrogen functional groups attached to an aromatic ring is 1. The molecule has 1 saturated carbocycles. The Morgan fingerprint density at radius 1 is 1.03 bits per heavy atom. The van der Waals surface area contributed by atoms with E-state index in [1.165, 1.54) is 25.2 Å². The lowest BCUT2D eigenvalue weighted by Crippen LogP contribution is -2.19. The Labute approximate surface area is 203 Å². The number of nitrogens with zero attached hydrogens (tertiary/aromatic N) is 4. The second kappa shape index (κ2) is 8.59. The minimum Gasteiger partial charge on any atom is -0.383 e. The van der Waals surface area contributed by atoms with Crippen molar-refractivity contribution in [3.8, 4) is 11.4 Å². The zero-order chi connectivity index (χ0) is 24.8. The highest BCUT2D eigenvalue weighted by Crippen LogP contribution is 2.38. The van der Waals surface area contributed by atoms with Crippen molar-refractivity contribution in [2.24, 2.45) is 0 Å². The van der Waals surface area contributed by atoms with Gasteiger partial charge in [-0.2, -0.15) is 0 Å². The molecule has 5 N–H and O–H groups in total. The number of nitrogens with one attached hydrogen (secondary N) is 3. The molecule has 11 heteroatoms. The zero-order valence-corrected chi connectivity index (χ0v) is 19.1. The van der Waals surface area contributed by atoms with Crippen molar-refractivity contribution in [1.82, 2.24) is 24.5 Å². The summed E-state index contributed by atoms with van der Waals surface area (Å²) < 4.78 is 28.7. The second-order valence-electron chi connectivity index (χ2n) is 8.87. The van der Waals surface area contributed by atoms with Gasteiger partial charge >= 0.3 is 6.03 Å². The molecule has 0 atom stereocenters. The van der Waals surface area contributed by atoms with E-state index < -0.39 is 17.7 Å². The summed E-state index contributed by atoms with van der Waals surface area (Å²) in [4.78, 5) is 29.1. The van der Waals surface area contributed by atoms with Gasteiger partial charge in [-0.05, 0) is 43.2 Å². The number of aromatic amines is 1. The molecule has 182 valence electrons. The number of hydrogen-bond acceptors (Lipinski definition) is 5. The number of aromatic nitrogens is 5. The van der Waals surface area contributed by atoms with E-state index in [4.69, 9.17) is 10.7 Å². The number of rotatable bonds is 4. The summed E-state index contributed by atoms with van der Waals surface area (Å²) in [5, 5.41) is 5.92. The number of fused-ring (bicyclic) bond motifs is 2. The molecule has 2 aromatic carbocycles. The molecule has 1 fully saturated rings. The first-order valence-electron chi connectivity index (χ1n) is 11.6. The first-order valence-corrected chi connectivity index (χ1v) is 11.6. The third kappa shape index (κ3) is 3.88. The Morgan fingerprint density at radius 3 is 2.56 bits per heavy atom. The second-order valence-corrected chi connectivity index (χ2v) is 8.87. The summed E-state index contributed by atoms with van der Waals surface area (Å²) >= 11 is 0. The van der Waals surface area contributed by atoms with Gasteiger partial charge in [0.15, 0.2) is 11.6 Å². The molecule has 0 bridgehead atoms. The van der Waals surface area contributed by atoms with Gasteiger partial charge in [0.2, 0.25) is 0 Å². The van der Waals surface area contributed by atoms with Crippen molar-refractivity contribution in [1.29, 1.82) is 0 Å². The van der Waals surface area contributed by atoms with E-state index in [0.29, 0.717) is 34.4 Å². The van der Waals surface area contributed by atoms with Gasteiger partial charge in [0, 0.05) is 35.2 Å². The number of urea groups is 1. The molecule has 3 heterocycles. The van der Waals surface area contributed by atoms with Gasteiger partial charge in [0.05, 0.1) is 16.4 Å². The topological polar surface area (TPSA) is 127 Å². The number of halogens is 2. The number of nitrogens with two attached hydrogens (primary N) is 1. The number of H-pyrrole nitrogens is 1. The average Bonchev–Trinajstić information content (AvgIpc) is 3.59. The molecule has 9 nitrogen and oxygen atoms in total. The molecule has 0 unspecified atom stereocenters. The van der Waals surface area contributed by atoms with Gasteiger partial charge in [0.1, 0.15) is 23.6 Å². The average molecular weight is 489 g/mol. The van der Waals surface area contributed by atoms with Crippen molar-refractivity contribution >= 4 is 45.3 Å². The fraction of sp³-hybridized carbons (Fsp3) is 0.200. The number of hydrogen-bond donors (Lipinski definition) is 4. The fourth-order valence-corrected chi connectivity index (χ4v) is 4.83. The molecule has 6 rings (SSSR count). The van der Waals surface area contributed by atoms with E-state index in [2.05, 4.69) is 30.2 Å². The highest BCUT2D eigenvalue weighted by Gasteiger charge is 2.24. The van der Waals surface area contributed by atoms with Crippen LogP contribution in [-0.2, 0) is 0 Å². The van der Waals surface area contributed by atoms with Crippen LogP contribution < -0.4 is 16.4 Å². The van der Waals surface area contributed by atoms with Gasteiger partial charge in [-0.1, -0.05) is 12.8 Å². The summed E-state index contributed by atoms with van der Waals surface area (Å²) in [6.45, 7) is 0. The number of carbonyl (C=O) groups is 1. The van der Waals surface area contributed by atoms with E-state index in [1.54, 1.807) is 18.2 Å². The van der Waals surface area contributed by atoms with Gasteiger partial charge in [-0.25, -0.2) is 28.5 Å². The Bertz CT molecular complexity index is 1620. The molecule has 36 heavy (non-hydrogen) atoms. The lowest BCUT2D eigenvalue weighted by molar-refractivity contribution is 0.262. The lowest BCUT2D eigenvalue weighted by atomic mass is 10.2. The summed E-state index contributed by atoms with van der Waals surface area (Å²) in [7, 11) is 0. The molecular weight excluding hydrogens is 466 g/mol. The number of imidazole rings is 1. The predicted molar refractivity (Wildman–Crippen MR) is 134 cm³/mol. The molecule has 0 radical (unpaired) electrons. The van der Waals surface area contributed by atoms with E-state index in [-0.39, 0.29) is 5.69 Å². The smallest absolute Gasteiger partial charge is 0.323 e. The van der Waals surface area contributed by atoms with Crippen LogP contribution in [0.3, 0.4) is 0 Å². The Kier molecular flexibility index (Phi) is 5.24. The lowest BCUT2D eigenvalue weighted by Gasteiger charge is -2.12. The SMILES string of the molecule is Nc1ncnc2c1c(-c1nc3ccc(NC(=O)Nc4ccc(F)c(F)c4)cc3[nH]1)cn2C1CCCC1. The van der Waals surface area contributed by atoms with E-state index in [1.807, 2.05) is 6.20 Å². The zero-order valence-electron chi connectivity index (χ0n) is 19.1. The standard InChI is InChI=1S/C25H22F2N8O/c26-17-7-5-13(9-18(17)27)31-25(36)32-14-6-8-19-20(10-14)34-23(33-19)16-11-35(15-3-1-2-4-15)24-21(16)22(28)29-12-30-24/h5-12,15H,1-4H2,(H,33,34)(H2,28,29,30)(H2,31,32,36). The van der Waals surface area contributed by atoms with Crippen LogP contribution in [0.2, 0.25) is 0 Å². The predicted octanol–water partition coefficient (Wildman–Crippen LogP) is 5.59. The molecule has 0 spiro atoms. The van der Waals surface area contributed by atoms with Crippen LogP contribution in [0.4, 0.5) is 30.8 Å². The van der Waals surface area contributed by atoms with Gasteiger partial charge in [-0.15, -0.1) is 0 Å².